The summed E-state index contributed by atoms with van der Waals surface area (Å²) in [6, 6.07) is 15.7. The van der Waals surface area contributed by atoms with Crippen molar-refractivity contribution in [2.24, 2.45) is 7.05 Å². The number of hydrogen-bond acceptors (Lipinski definition) is 5. The van der Waals surface area contributed by atoms with E-state index in [4.69, 9.17) is 11.6 Å². The van der Waals surface area contributed by atoms with E-state index in [1.165, 1.54) is 11.8 Å². The van der Waals surface area contributed by atoms with Crippen LogP contribution in [0.3, 0.4) is 0 Å². The molecule has 0 saturated heterocycles. The topological polar surface area (TPSA) is 76.9 Å². The fraction of sp³-hybridized carbons (Fsp3) is 0.176. The minimum absolute atomic E-state index is 0.258. The highest BCUT2D eigenvalue weighted by Gasteiger charge is 2.14. The number of halogens is 1. The summed E-state index contributed by atoms with van der Waals surface area (Å²) in [6.45, 7) is 0.297. The van der Waals surface area contributed by atoms with Crippen LogP contribution in [-0.2, 0) is 17.1 Å². The standard InChI is InChI=1S/C17H17ClN4O2S2/c1-22-16(13-7-9-14(18)10-8-13)20-21-17(22)25-12-11-19-26(23,24)15-5-3-2-4-6-15/h2-10,19H,11-12H2,1H3. The third kappa shape index (κ3) is 4.45. The summed E-state index contributed by atoms with van der Waals surface area (Å²) in [6.07, 6.45) is 0. The molecule has 1 aromatic heterocycles. The van der Waals surface area contributed by atoms with Crippen molar-refractivity contribution in [3.05, 3.63) is 59.6 Å². The number of rotatable bonds is 7. The summed E-state index contributed by atoms with van der Waals surface area (Å²) in [4.78, 5) is 0.258. The first-order valence-electron chi connectivity index (χ1n) is 7.80. The van der Waals surface area contributed by atoms with E-state index < -0.39 is 10.0 Å². The van der Waals surface area contributed by atoms with Gasteiger partial charge in [-0.1, -0.05) is 41.6 Å². The van der Waals surface area contributed by atoms with Crippen molar-refractivity contribution in [1.82, 2.24) is 19.5 Å². The van der Waals surface area contributed by atoms with Gasteiger partial charge in [0.1, 0.15) is 0 Å². The van der Waals surface area contributed by atoms with E-state index in [9.17, 15) is 8.42 Å². The third-order valence-electron chi connectivity index (χ3n) is 3.62. The summed E-state index contributed by atoms with van der Waals surface area (Å²) in [7, 11) is -1.61. The lowest BCUT2D eigenvalue weighted by molar-refractivity contribution is 0.584. The van der Waals surface area contributed by atoms with Crippen LogP contribution in [0.5, 0.6) is 0 Å². The van der Waals surface area contributed by atoms with Gasteiger partial charge in [-0.05, 0) is 36.4 Å². The molecule has 0 fully saturated rings. The number of benzene rings is 2. The molecule has 9 heteroatoms. The zero-order valence-corrected chi connectivity index (χ0v) is 16.4. The fourth-order valence-electron chi connectivity index (χ4n) is 2.29. The number of nitrogens with one attached hydrogen (secondary N) is 1. The Morgan fingerprint density at radius 1 is 1.08 bits per heavy atom. The number of thioether (sulfide) groups is 1. The molecule has 136 valence electrons. The predicted molar refractivity (Wildman–Crippen MR) is 104 cm³/mol. The molecular weight excluding hydrogens is 392 g/mol. The van der Waals surface area contributed by atoms with E-state index in [1.807, 2.05) is 23.7 Å². The Hall–Kier alpha value is -1.87. The lowest BCUT2D eigenvalue weighted by atomic mass is 10.2. The highest BCUT2D eigenvalue weighted by atomic mass is 35.5. The first-order chi connectivity index (χ1) is 12.5. The maximum absolute atomic E-state index is 12.2. The van der Waals surface area contributed by atoms with Crippen molar-refractivity contribution < 1.29 is 8.42 Å². The van der Waals surface area contributed by atoms with E-state index >= 15 is 0 Å². The molecule has 3 aromatic rings. The van der Waals surface area contributed by atoms with Crippen LogP contribution in [0.4, 0.5) is 0 Å². The van der Waals surface area contributed by atoms with E-state index in [0.717, 1.165) is 11.4 Å². The largest absolute Gasteiger partial charge is 0.305 e. The average Bonchev–Trinajstić information content (AvgIpc) is 3.01. The molecule has 0 atom stereocenters. The Kier molecular flexibility index (Phi) is 5.98. The van der Waals surface area contributed by atoms with Gasteiger partial charge in [-0.25, -0.2) is 13.1 Å². The second kappa shape index (κ2) is 8.22. The van der Waals surface area contributed by atoms with E-state index in [2.05, 4.69) is 14.9 Å². The van der Waals surface area contributed by atoms with Crippen LogP contribution in [0.2, 0.25) is 5.02 Å². The number of nitrogens with zero attached hydrogens (tertiary/aromatic N) is 3. The molecule has 0 saturated carbocycles. The fourth-order valence-corrected chi connectivity index (χ4v) is 4.37. The Balaban J connectivity index is 1.58. The van der Waals surface area contributed by atoms with Gasteiger partial charge in [-0.2, -0.15) is 0 Å². The molecule has 1 heterocycles. The molecule has 26 heavy (non-hydrogen) atoms. The van der Waals surface area contributed by atoms with Crippen molar-refractivity contribution in [3.63, 3.8) is 0 Å². The Morgan fingerprint density at radius 2 is 1.77 bits per heavy atom. The molecule has 3 rings (SSSR count). The number of hydrogen-bond donors (Lipinski definition) is 1. The van der Waals surface area contributed by atoms with Gasteiger partial charge in [0.15, 0.2) is 11.0 Å². The highest BCUT2D eigenvalue weighted by Crippen LogP contribution is 2.23. The van der Waals surface area contributed by atoms with Crippen LogP contribution in [0.25, 0.3) is 11.4 Å². The van der Waals surface area contributed by atoms with E-state index in [1.54, 1.807) is 42.5 Å². The molecule has 0 aliphatic rings. The lowest BCUT2D eigenvalue weighted by Gasteiger charge is -2.07. The first kappa shape index (κ1) is 18.9. The summed E-state index contributed by atoms with van der Waals surface area (Å²) < 4.78 is 28.8. The Labute approximate surface area is 161 Å². The predicted octanol–water partition coefficient (Wildman–Crippen LogP) is 3.21. The van der Waals surface area contributed by atoms with Gasteiger partial charge in [0.25, 0.3) is 0 Å². The molecule has 0 unspecified atom stereocenters. The van der Waals surface area contributed by atoms with E-state index in [0.29, 0.717) is 22.5 Å². The van der Waals surface area contributed by atoms with E-state index in [-0.39, 0.29) is 4.90 Å². The zero-order chi connectivity index (χ0) is 18.6. The summed E-state index contributed by atoms with van der Waals surface area (Å²) >= 11 is 7.34. The molecule has 0 aliphatic heterocycles. The third-order valence-corrected chi connectivity index (χ3v) is 6.37. The van der Waals surface area contributed by atoms with Crippen molar-refractivity contribution >= 4 is 33.4 Å². The van der Waals surface area contributed by atoms with Crippen LogP contribution in [-0.4, -0.2) is 35.5 Å². The molecule has 0 aliphatic carbocycles. The summed E-state index contributed by atoms with van der Waals surface area (Å²) in [5, 5.41) is 9.75. The van der Waals surface area contributed by atoms with Gasteiger partial charge in [0, 0.05) is 29.9 Å². The summed E-state index contributed by atoms with van der Waals surface area (Å²) in [5.74, 6) is 1.27. The number of aromatic nitrogens is 3. The Morgan fingerprint density at radius 3 is 2.46 bits per heavy atom. The van der Waals surface area contributed by atoms with Crippen molar-refractivity contribution in [2.75, 3.05) is 12.3 Å². The second-order valence-electron chi connectivity index (χ2n) is 5.43. The van der Waals surface area contributed by atoms with Crippen molar-refractivity contribution in [1.29, 1.82) is 0 Å². The van der Waals surface area contributed by atoms with Crippen LogP contribution in [0.1, 0.15) is 0 Å². The van der Waals surface area contributed by atoms with Gasteiger partial charge in [0.2, 0.25) is 10.0 Å². The molecule has 0 radical (unpaired) electrons. The van der Waals surface area contributed by atoms with Crippen LogP contribution in [0, 0.1) is 0 Å². The Bertz CT molecular complexity index is 974. The lowest BCUT2D eigenvalue weighted by Crippen LogP contribution is -2.26. The van der Waals surface area contributed by atoms with Crippen molar-refractivity contribution in [3.8, 4) is 11.4 Å². The smallest absolute Gasteiger partial charge is 0.240 e. The van der Waals surface area contributed by atoms with Crippen LogP contribution in [0.15, 0.2) is 64.6 Å². The zero-order valence-electron chi connectivity index (χ0n) is 14.0. The van der Waals surface area contributed by atoms with Gasteiger partial charge in [-0.15, -0.1) is 10.2 Å². The minimum Gasteiger partial charge on any atom is -0.305 e. The van der Waals surface area contributed by atoms with Gasteiger partial charge < -0.3 is 4.57 Å². The molecule has 6 nitrogen and oxygen atoms in total. The normalized spacial score (nSPS) is 11.6. The van der Waals surface area contributed by atoms with Crippen LogP contribution < -0.4 is 4.72 Å². The molecular formula is C17H17ClN4O2S2. The SMILES string of the molecule is Cn1c(SCCNS(=O)(=O)c2ccccc2)nnc1-c1ccc(Cl)cc1. The van der Waals surface area contributed by atoms with Gasteiger partial charge in [0.05, 0.1) is 4.90 Å². The minimum atomic E-state index is -3.49. The first-order valence-corrected chi connectivity index (χ1v) is 10.6. The molecule has 0 bridgehead atoms. The number of sulfonamides is 1. The molecule has 0 amide bonds. The summed E-state index contributed by atoms with van der Waals surface area (Å²) in [5.41, 5.74) is 0.918. The quantitative estimate of drug-likeness (QED) is 0.479. The van der Waals surface area contributed by atoms with Gasteiger partial charge >= 0.3 is 0 Å². The van der Waals surface area contributed by atoms with Crippen molar-refractivity contribution in [2.45, 2.75) is 10.1 Å². The average molecular weight is 409 g/mol. The monoisotopic (exact) mass is 408 g/mol. The molecule has 0 spiro atoms. The maximum atomic E-state index is 12.2. The van der Waals surface area contributed by atoms with Gasteiger partial charge in [-0.3, -0.25) is 0 Å². The van der Waals surface area contributed by atoms with Crippen LogP contribution >= 0.6 is 23.4 Å². The second-order valence-corrected chi connectivity index (χ2v) is 8.70. The highest BCUT2D eigenvalue weighted by molar-refractivity contribution is 7.99. The molecule has 1 N–H and O–H groups in total. The molecule has 2 aromatic carbocycles. The maximum Gasteiger partial charge on any atom is 0.240 e.